The summed E-state index contributed by atoms with van der Waals surface area (Å²) in [6.07, 6.45) is 9.09. The fraction of sp³-hybridized carbons (Fsp3) is 0.846. The summed E-state index contributed by atoms with van der Waals surface area (Å²) in [5, 5.41) is 15.3. The van der Waals surface area contributed by atoms with Crippen molar-refractivity contribution in [3.8, 4) is 0 Å². The van der Waals surface area contributed by atoms with E-state index >= 15 is 0 Å². The van der Waals surface area contributed by atoms with Gasteiger partial charge in [0.05, 0.1) is 17.2 Å². The smallest absolute Gasteiger partial charge is 0.316 e. The molecular weight excluding hydrogens is 422 g/mol. The van der Waals surface area contributed by atoms with Gasteiger partial charge in [-0.05, 0) is 62.8 Å². The Hall–Kier alpha value is -0.850. The van der Waals surface area contributed by atoms with Crippen molar-refractivity contribution >= 4 is 23.5 Å². The summed E-state index contributed by atoms with van der Waals surface area (Å²) in [5.41, 5.74) is -1.17. The number of ether oxygens (including phenoxy) is 1. The summed E-state index contributed by atoms with van der Waals surface area (Å²) in [5.74, 6) is 0.275. The molecule has 2 N–H and O–H groups in total. The van der Waals surface area contributed by atoms with Crippen LogP contribution in [0.5, 0.6) is 0 Å². The Labute approximate surface area is 197 Å². The van der Waals surface area contributed by atoms with Gasteiger partial charge in [-0.2, -0.15) is 0 Å². The van der Waals surface area contributed by atoms with E-state index in [9.17, 15) is 14.7 Å². The van der Waals surface area contributed by atoms with Crippen molar-refractivity contribution in [3.63, 3.8) is 0 Å². The fourth-order valence-corrected chi connectivity index (χ4v) is 8.58. The molecule has 180 valence electrons. The van der Waals surface area contributed by atoms with Gasteiger partial charge in [0.25, 0.3) is 0 Å². The predicted octanol–water partition coefficient (Wildman–Crippen LogP) is 4.48. The summed E-state index contributed by atoms with van der Waals surface area (Å²) in [6, 6.07) is 0. The zero-order valence-corrected chi connectivity index (χ0v) is 20.8. The number of aliphatic hydroxyl groups excluding tert-OH is 1. The summed E-state index contributed by atoms with van der Waals surface area (Å²) < 4.78 is 6.24. The lowest BCUT2D eigenvalue weighted by atomic mass is 9.46. The molecule has 4 aliphatic rings. The van der Waals surface area contributed by atoms with E-state index in [0.717, 1.165) is 38.6 Å². The van der Waals surface area contributed by atoms with Gasteiger partial charge in [-0.1, -0.05) is 33.3 Å². The molecule has 6 heteroatoms. The van der Waals surface area contributed by atoms with Crippen molar-refractivity contribution in [1.29, 1.82) is 0 Å². The van der Waals surface area contributed by atoms with E-state index < -0.39 is 23.0 Å². The number of carbonyl (C=O) groups excluding carboxylic acids is 2. The van der Waals surface area contributed by atoms with E-state index in [1.54, 1.807) is 11.8 Å². The molecule has 0 aromatic carbocycles. The molecule has 0 amide bonds. The van der Waals surface area contributed by atoms with Crippen molar-refractivity contribution in [2.75, 3.05) is 12.3 Å². The maximum atomic E-state index is 13.3. The van der Waals surface area contributed by atoms with Crippen LogP contribution >= 0.6 is 11.8 Å². The minimum absolute atomic E-state index is 0.00570. The van der Waals surface area contributed by atoms with Crippen molar-refractivity contribution in [1.82, 2.24) is 5.32 Å². The molecule has 8 atom stereocenters. The van der Waals surface area contributed by atoms with Crippen molar-refractivity contribution in [2.45, 2.75) is 96.1 Å². The molecule has 0 aromatic heterocycles. The lowest BCUT2D eigenvalue weighted by molar-refractivity contribution is -0.193. The molecule has 4 rings (SSSR count). The van der Waals surface area contributed by atoms with Gasteiger partial charge >= 0.3 is 5.97 Å². The molecule has 4 fully saturated rings. The lowest BCUT2D eigenvalue weighted by Crippen LogP contribution is -2.60. The predicted molar refractivity (Wildman–Crippen MR) is 128 cm³/mol. The summed E-state index contributed by atoms with van der Waals surface area (Å²) in [4.78, 5) is 26.3. The molecule has 3 unspecified atom stereocenters. The van der Waals surface area contributed by atoms with Crippen LogP contribution < -0.4 is 5.32 Å². The van der Waals surface area contributed by atoms with E-state index in [0.29, 0.717) is 29.8 Å². The second-order valence-electron chi connectivity index (χ2n) is 11.4. The molecule has 0 spiro atoms. The van der Waals surface area contributed by atoms with Crippen LogP contribution in [0.3, 0.4) is 0 Å². The van der Waals surface area contributed by atoms with Crippen LogP contribution in [0.4, 0.5) is 0 Å². The minimum atomic E-state index is -0.613. The highest BCUT2D eigenvalue weighted by Crippen LogP contribution is 2.66. The zero-order chi connectivity index (χ0) is 23.1. The van der Waals surface area contributed by atoms with Gasteiger partial charge in [-0.3, -0.25) is 9.59 Å². The van der Waals surface area contributed by atoms with Crippen LogP contribution in [0.1, 0.15) is 78.6 Å². The topological polar surface area (TPSA) is 75.6 Å². The van der Waals surface area contributed by atoms with Crippen LogP contribution in [-0.2, 0) is 14.3 Å². The van der Waals surface area contributed by atoms with E-state index in [1.807, 2.05) is 13.0 Å². The average Bonchev–Trinajstić information content (AvgIpc) is 3.15. The third-order valence-corrected chi connectivity index (χ3v) is 10.8. The number of Topliss-reactive ketones (excluding diaryl/α,β-unsaturated/α-hetero) is 1. The number of nitrogens with one attached hydrogen (secondary N) is 1. The molecule has 1 aliphatic heterocycles. The van der Waals surface area contributed by atoms with E-state index in [1.165, 1.54) is 12.8 Å². The average molecular weight is 464 g/mol. The number of carbonyl (C=O) groups is 2. The third kappa shape index (κ3) is 3.98. The molecule has 1 heterocycles. The van der Waals surface area contributed by atoms with Crippen LogP contribution in [0.2, 0.25) is 0 Å². The highest BCUT2D eigenvalue weighted by molar-refractivity contribution is 8.00. The number of hydrogen-bond donors (Lipinski definition) is 2. The van der Waals surface area contributed by atoms with Crippen molar-refractivity contribution in [2.24, 2.45) is 28.1 Å². The van der Waals surface area contributed by atoms with Crippen molar-refractivity contribution < 1.29 is 19.4 Å². The Bertz CT molecular complexity index is 752. The first kappa shape index (κ1) is 24.3. The molecule has 1 saturated heterocycles. The SMILES string of the molecule is C=C[C@]1(C)C[C@@H](OC(=O)CS[C@H]2CCCCN2)[C@]2(C)CCCC3(CCC(=O)C32)[C@@H](C)C1O. The van der Waals surface area contributed by atoms with Crippen molar-refractivity contribution in [3.05, 3.63) is 12.7 Å². The van der Waals surface area contributed by atoms with Crippen LogP contribution in [0.15, 0.2) is 12.7 Å². The number of thioether (sulfide) groups is 1. The normalized spacial score (nSPS) is 46.6. The van der Waals surface area contributed by atoms with Gasteiger partial charge in [0.1, 0.15) is 11.9 Å². The first-order valence-corrected chi connectivity index (χ1v) is 13.6. The number of hydrogen-bond acceptors (Lipinski definition) is 6. The summed E-state index contributed by atoms with van der Waals surface area (Å²) >= 11 is 1.63. The monoisotopic (exact) mass is 463 g/mol. The van der Waals surface area contributed by atoms with Crippen LogP contribution in [-0.4, -0.2) is 46.7 Å². The van der Waals surface area contributed by atoms with Gasteiger partial charge in [0, 0.05) is 23.2 Å². The van der Waals surface area contributed by atoms with Gasteiger partial charge < -0.3 is 15.2 Å². The molecule has 3 saturated carbocycles. The second-order valence-corrected chi connectivity index (χ2v) is 12.6. The molecule has 5 nitrogen and oxygen atoms in total. The number of piperidine rings is 1. The largest absolute Gasteiger partial charge is 0.461 e. The number of ketones is 1. The molecular formula is C26H41NO4S. The van der Waals surface area contributed by atoms with Crippen LogP contribution in [0, 0.1) is 28.1 Å². The van der Waals surface area contributed by atoms with Gasteiger partial charge in [0.2, 0.25) is 0 Å². The fourth-order valence-electron chi connectivity index (χ4n) is 7.61. The first-order valence-electron chi connectivity index (χ1n) is 12.6. The molecule has 3 aliphatic carbocycles. The molecule has 0 aromatic rings. The van der Waals surface area contributed by atoms with E-state index in [4.69, 9.17) is 4.74 Å². The van der Waals surface area contributed by atoms with Gasteiger partial charge in [0.15, 0.2) is 0 Å². The summed E-state index contributed by atoms with van der Waals surface area (Å²) in [6.45, 7) is 11.4. The summed E-state index contributed by atoms with van der Waals surface area (Å²) in [7, 11) is 0. The number of esters is 1. The van der Waals surface area contributed by atoms with E-state index in [2.05, 4.69) is 25.7 Å². The Balaban J connectivity index is 1.61. The third-order valence-electron chi connectivity index (χ3n) is 9.58. The van der Waals surface area contributed by atoms with Gasteiger partial charge in [-0.15, -0.1) is 18.3 Å². The second kappa shape index (κ2) is 9.07. The van der Waals surface area contributed by atoms with E-state index in [-0.39, 0.29) is 23.2 Å². The lowest BCUT2D eigenvalue weighted by Gasteiger charge is -2.59. The molecule has 2 bridgehead atoms. The number of rotatable bonds is 5. The molecule has 0 radical (unpaired) electrons. The maximum Gasteiger partial charge on any atom is 0.316 e. The first-order chi connectivity index (χ1) is 15.2. The maximum absolute atomic E-state index is 13.3. The number of aliphatic hydroxyl groups is 1. The standard InChI is InChI=1S/C26H41NO4S/c1-5-24(3)15-19(31-21(29)16-32-20-9-6-7-14-27-20)25(4)11-8-12-26(17(2)23(24)30)13-10-18(28)22(25)26/h5,17,19-20,22-23,27,30H,1,6-16H2,2-4H3/t17-,19+,20-,22?,23?,24+,25-,26?/m0/s1. The highest BCUT2D eigenvalue weighted by atomic mass is 32.2. The Morgan fingerprint density at radius 3 is 2.75 bits per heavy atom. The van der Waals surface area contributed by atoms with Crippen LogP contribution in [0.25, 0.3) is 0 Å². The van der Waals surface area contributed by atoms with Gasteiger partial charge in [-0.25, -0.2) is 0 Å². The molecule has 32 heavy (non-hydrogen) atoms. The quantitative estimate of drug-likeness (QED) is 0.462. The Morgan fingerprint density at radius 1 is 1.28 bits per heavy atom. The Kier molecular flexibility index (Phi) is 6.88. The zero-order valence-electron chi connectivity index (χ0n) is 20.0. The minimum Gasteiger partial charge on any atom is -0.461 e. The Morgan fingerprint density at radius 2 is 2.06 bits per heavy atom. The highest BCUT2D eigenvalue weighted by Gasteiger charge is 2.66.